The molecule has 2 aromatic carbocycles. The van der Waals surface area contributed by atoms with E-state index in [9.17, 15) is 9.36 Å². The first-order valence-corrected chi connectivity index (χ1v) is 19.3. The van der Waals surface area contributed by atoms with Crippen LogP contribution in [-0.2, 0) is 15.7 Å². The van der Waals surface area contributed by atoms with Crippen molar-refractivity contribution in [1.29, 1.82) is 0 Å². The smallest absolute Gasteiger partial charge is 0.410 e. The minimum absolute atomic E-state index is 0.204. The minimum Gasteiger partial charge on any atom is -0.494 e. The van der Waals surface area contributed by atoms with Gasteiger partial charge >= 0.3 is 6.09 Å². The summed E-state index contributed by atoms with van der Waals surface area (Å²) in [7, 11) is -0.871. The van der Waals surface area contributed by atoms with Crippen LogP contribution in [0.3, 0.4) is 0 Å². The monoisotopic (exact) mass is 682 g/mol. The van der Waals surface area contributed by atoms with E-state index in [2.05, 4.69) is 44.6 Å². The van der Waals surface area contributed by atoms with Crippen molar-refractivity contribution in [3.05, 3.63) is 53.2 Å². The van der Waals surface area contributed by atoms with Crippen molar-refractivity contribution in [2.45, 2.75) is 65.4 Å². The van der Waals surface area contributed by atoms with Crippen LogP contribution < -0.4 is 25.6 Å². The molecule has 5 rings (SSSR count). The summed E-state index contributed by atoms with van der Waals surface area (Å²) in [6.07, 6.45) is 6.37. The van der Waals surface area contributed by atoms with Crippen molar-refractivity contribution >= 4 is 59.0 Å². The molecule has 3 aromatic rings. The number of benzene rings is 2. The van der Waals surface area contributed by atoms with Gasteiger partial charge in [-0.2, -0.15) is 4.98 Å². The van der Waals surface area contributed by atoms with E-state index < -0.39 is 12.7 Å². The van der Waals surface area contributed by atoms with Crippen LogP contribution in [0.25, 0.3) is 0 Å². The predicted octanol–water partition coefficient (Wildman–Crippen LogP) is 8.05. The molecule has 0 saturated carbocycles. The molecule has 2 aliphatic rings. The molecular formula is C35H48ClN6O4P. The van der Waals surface area contributed by atoms with Crippen molar-refractivity contribution in [3.63, 3.8) is 0 Å². The largest absolute Gasteiger partial charge is 0.494 e. The van der Waals surface area contributed by atoms with Crippen molar-refractivity contribution in [3.8, 4) is 5.75 Å². The number of aromatic nitrogens is 2. The second-order valence-corrected chi connectivity index (χ2v) is 17.6. The number of halogens is 1. The quantitative estimate of drug-likeness (QED) is 0.228. The molecular weight excluding hydrogens is 635 g/mol. The third-order valence-corrected chi connectivity index (χ3v) is 11.0. The first kappa shape index (κ1) is 34.8. The molecule has 1 spiro atoms. The molecule has 1 amide bonds. The van der Waals surface area contributed by atoms with E-state index in [0.29, 0.717) is 28.2 Å². The van der Waals surface area contributed by atoms with Crippen LogP contribution in [0.5, 0.6) is 5.75 Å². The van der Waals surface area contributed by atoms with Crippen LogP contribution in [0, 0.1) is 5.41 Å². The predicted molar refractivity (Wildman–Crippen MR) is 192 cm³/mol. The average Bonchev–Trinajstić information content (AvgIpc) is 3.02. The maximum atomic E-state index is 12.9. The van der Waals surface area contributed by atoms with E-state index in [1.807, 2.05) is 49.9 Å². The Morgan fingerprint density at radius 3 is 2.30 bits per heavy atom. The van der Waals surface area contributed by atoms with Crippen LogP contribution in [0.1, 0.15) is 58.9 Å². The molecule has 12 heteroatoms. The average molecular weight is 683 g/mol. The fraction of sp³-hybridized carbons (Fsp3) is 0.514. The molecule has 1 aromatic heterocycles. The summed E-state index contributed by atoms with van der Waals surface area (Å²) in [6.45, 7) is 14.8. The van der Waals surface area contributed by atoms with E-state index in [4.69, 9.17) is 21.1 Å². The van der Waals surface area contributed by atoms with Gasteiger partial charge in [-0.1, -0.05) is 30.7 Å². The first-order chi connectivity index (χ1) is 22.2. The molecule has 0 bridgehead atoms. The van der Waals surface area contributed by atoms with E-state index in [-0.39, 0.29) is 11.5 Å². The van der Waals surface area contributed by atoms with Crippen molar-refractivity contribution in [2.24, 2.45) is 5.41 Å². The number of ether oxygens (including phenoxy) is 2. The topological polar surface area (TPSA) is 109 Å². The summed E-state index contributed by atoms with van der Waals surface area (Å²) >= 11 is 6.49. The summed E-state index contributed by atoms with van der Waals surface area (Å²) in [5.74, 6) is 1.46. The molecule has 2 saturated heterocycles. The molecule has 2 N–H and O–H groups in total. The fourth-order valence-electron chi connectivity index (χ4n) is 6.48. The normalized spacial score (nSPS) is 16.6. The van der Waals surface area contributed by atoms with Gasteiger partial charge in [0.05, 0.1) is 24.7 Å². The molecule has 47 heavy (non-hydrogen) atoms. The van der Waals surface area contributed by atoms with Gasteiger partial charge in [0, 0.05) is 43.2 Å². The Kier molecular flexibility index (Phi) is 10.3. The molecule has 0 atom stereocenters. The molecule has 0 unspecified atom stereocenters. The summed E-state index contributed by atoms with van der Waals surface area (Å²) in [6, 6.07) is 11.7. The van der Waals surface area contributed by atoms with Crippen molar-refractivity contribution in [2.75, 3.05) is 62.2 Å². The van der Waals surface area contributed by atoms with E-state index in [1.165, 1.54) is 11.3 Å². The Morgan fingerprint density at radius 1 is 1.02 bits per heavy atom. The first-order valence-electron chi connectivity index (χ1n) is 16.4. The highest BCUT2D eigenvalue weighted by Gasteiger charge is 2.39. The van der Waals surface area contributed by atoms with Crippen molar-refractivity contribution in [1.82, 2.24) is 14.9 Å². The number of methoxy groups -OCH3 is 1. The lowest BCUT2D eigenvalue weighted by Gasteiger charge is -2.47. The Hall–Kier alpha value is -3.49. The maximum Gasteiger partial charge on any atom is 0.410 e. The highest BCUT2D eigenvalue weighted by Crippen LogP contribution is 2.44. The number of hydrogen-bond donors (Lipinski definition) is 2. The van der Waals surface area contributed by atoms with Gasteiger partial charge in [-0.3, -0.25) is 0 Å². The SMILES string of the molecule is CCc1cc(Nc2ncc(Cl)c(Nc3ccccc3P(C)(C)=O)n2)c(OC)cc1N1CCC2(CCN(C(=O)OC(C)(C)C)CC2)CC1. The lowest BCUT2D eigenvalue weighted by molar-refractivity contribution is 0.00665. The zero-order chi connectivity index (χ0) is 34.0. The molecule has 3 heterocycles. The highest BCUT2D eigenvalue weighted by atomic mass is 35.5. The summed E-state index contributed by atoms with van der Waals surface area (Å²) in [5.41, 5.74) is 3.61. The van der Waals surface area contributed by atoms with Gasteiger partial charge < -0.3 is 34.5 Å². The second kappa shape index (κ2) is 13.9. The van der Waals surface area contributed by atoms with Crippen LogP contribution in [0.2, 0.25) is 5.02 Å². The third-order valence-electron chi connectivity index (χ3n) is 9.15. The summed E-state index contributed by atoms with van der Waals surface area (Å²) < 4.78 is 24.4. The van der Waals surface area contributed by atoms with Gasteiger partial charge in [-0.15, -0.1) is 0 Å². The number of carbonyl (C=O) groups is 1. The molecule has 0 radical (unpaired) electrons. The van der Waals surface area contributed by atoms with Gasteiger partial charge in [-0.05, 0) is 95.4 Å². The number of aryl methyl sites for hydroxylation is 1. The van der Waals surface area contributed by atoms with Crippen molar-refractivity contribution < 1.29 is 18.8 Å². The van der Waals surface area contributed by atoms with Gasteiger partial charge in [-0.25, -0.2) is 9.78 Å². The number of hydrogen-bond acceptors (Lipinski definition) is 9. The Balaban J connectivity index is 1.29. The van der Waals surface area contributed by atoms with Gasteiger partial charge in [0.2, 0.25) is 5.95 Å². The van der Waals surface area contributed by atoms with Crippen LogP contribution in [0.15, 0.2) is 42.6 Å². The zero-order valence-electron chi connectivity index (χ0n) is 28.7. The second-order valence-electron chi connectivity index (χ2n) is 14.0. The lowest BCUT2D eigenvalue weighted by atomic mass is 9.71. The fourth-order valence-corrected chi connectivity index (χ4v) is 7.78. The Morgan fingerprint density at radius 2 is 1.68 bits per heavy atom. The molecule has 10 nitrogen and oxygen atoms in total. The lowest BCUT2D eigenvalue weighted by Crippen LogP contribution is -2.49. The number of anilines is 5. The molecule has 2 aliphatic heterocycles. The Bertz CT molecular complexity index is 1640. The van der Waals surface area contributed by atoms with E-state index in [0.717, 1.165) is 69.3 Å². The zero-order valence-corrected chi connectivity index (χ0v) is 30.3. The molecule has 2 fully saturated rings. The third kappa shape index (κ3) is 8.33. The minimum atomic E-state index is -2.54. The summed E-state index contributed by atoms with van der Waals surface area (Å²) in [4.78, 5) is 26.0. The summed E-state index contributed by atoms with van der Waals surface area (Å²) in [5, 5.41) is 7.67. The molecule has 0 aliphatic carbocycles. The van der Waals surface area contributed by atoms with Gasteiger partial charge in [0.1, 0.15) is 23.5 Å². The number of rotatable bonds is 8. The van der Waals surface area contributed by atoms with Crippen LogP contribution >= 0.6 is 18.7 Å². The highest BCUT2D eigenvalue weighted by molar-refractivity contribution is 7.70. The van der Waals surface area contributed by atoms with Crippen LogP contribution in [0.4, 0.5) is 33.6 Å². The number of nitrogens with one attached hydrogen (secondary N) is 2. The number of carbonyl (C=O) groups excluding carboxylic acids is 1. The van der Waals surface area contributed by atoms with Gasteiger partial charge in [0.25, 0.3) is 0 Å². The number of piperidine rings is 2. The Labute approximate surface area is 284 Å². The number of likely N-dealkylation sites (tertiary alicyclic amines) is 1. The van der Waals surface area contributed by atoms with E-state index in [1.54, 1.807) is 26.6 Å². The van der Waals surface area contributed by atoms with E-state index >= 15 is 0 Å². The number of para-hydroxylation sites is 1. The maximum absolute atomic E-state index is 12.9. The standard InChI is InChI=1S/C35H48ClN6O4P/c1-8-24-21-27(39-32-37-23-25(36)31(40-32)38-26-11-9-10-12-30(26)47(6,7)44)29(45-5)22-28(24)41-17-13-35(14-18-41)15-19-42(20-16-35)33(43)46-34(2,3)4/h9-12,21-23H,8,13-20H2,1-7H3,(H2,37,38,39,40). The number of nitrogens with zero attached hydrogens (tertiary/aromatic N) is 4. The van der Waals surface area contributed by atoms with Crippen LogP contribution in [-0.4, -0.2) is 73.2 Å². The van der Waals surface area contributed by atoms with Gasteiger partial charge in [0.15, 0.2) is 5.82 Å². The number of amides is 1. The molecule has 254 valence electrons.